The van der Waals surface area contributed by atoms with Crippen LogP contribution in [-0.4, -0.2) is 27.2 Å². The highest BCUT2D eigenvalue weighted by Gasteiger charge is 2.24. The van der Waals surface area contributed by atoms with Gasteiger partial charge >= 0.3 is 5.97 Å². The molecule has 1 saturated heterocycles. The fourth-order valence-corrected chi connectivity index (χ4v) is 2.77. The number of carbonyl (C=O) groups is 1. The van der Waals surface area contributed by atoms with Crippen molar-refractivity contribution in [1.29, 1.82) is 0 Å². The van der Waals surface area contributed by atoms with E-state index in [2.05, 4.69) is 16.5 Å². The highest BCUT2D eigenvalue weighted by molar-refractivity contribution is 5.92. The Morgan fingerprint density at radius 2 is 2.40 bits per heavy atom. The predicted molar refractivity (Wildman–Crippen MR) is 74.9 cm³/mol. The number of aryl methyl sites for hydroxylation is 1. The number of aromatic carboxylic acids is 1. The van der Waals surface area contributed by atoms with E-state index in [1.54, 1.807) is 12.1 Å². The van der Waals surface area contributed by atoms with E-state index < -0.39 is 5.97 Å². The summed E-state index contributed by atoms with van der Waals surface area (Å²) in [5, 5.41) is 9.08. The van der Waals surface area contributed by atoms with E-state index in [0.717, 1.165) is 49.3 Å². The standard InChI is InChI=1S/C15H18N2O3/c1-2-7-17-12-6-5-10(15(18)19)9-11(12)16-14(17)13-4-3-8-20-13/h5-6,9,13H,2-4,7-8H2,1H3,(H,18,19). The first-order chi connectivity index (χ1) is 9.70. The number of ether oxygens (including phenoxy) is 1. The van der Waals surface area contributed by atoms with Gasteiger partial charge in [-0.3, -0.25) is 0 Å². The van der Waals surface area contributed by atoms with Gasteiger partial charge in [0, 0.05) is 13.2 Å². The van der Waals surface area contributed by atoms with Crippen LogP contribution in [0.4, 0.5) is 0 Å². The van der Waals surface area contributed by atoms with Crippen molar-refractivity contribution in [3.05, 3.63) is 29.6 Å². The van der Waals surface area contributed by atoms with Crippen LogP contribution in [0.25, 0.3) is 11.0 Å². The minimum absolute atomic E-state index is 0.0437. The van der Waals surface area contributed by atoms with Crippen molar-refractivity contribution < 1.29 is 14.6 Å². The number of aromatic nitrogens is 2. The molecule has 1 aromatic heterocycles. The van der Waals surface area contributed by atoms with Crippen molar-refractivity contribution in [3.63, 3.8) is 0 Å². The van der Waals surface area contributed by atoms with Crippen molar-refractivity contribution in [3.8, 4) is 0 Å². The maximum Gasteiger partial charge on any atom is 0.335 e. The van der Waals surface area contributed by atoms with Gasteiger partial charge in [0.1, 0.15) is 11.9 Å². The van der Waals surface area contributed by atoms with Gasteiger partial charge in [-0.1, -0.05) is 6.92 Å². The van der Waals surface area contributed by atoms with Gasteiger partial charge in [-0.25, -0.2) is 9.78 Å². The normalized spacial score (nSPS) is 18.8. The molecule has 106 valence electrons. The van der Waals surface area contributed by atoms with Gasteiger partial charge in [0.05, 0.1) is 16.6 Å². The van der Waals surface area contributed by atoms with E-state index in [0.29, 0.717) is 0 Å². The summed E-state index contributed by atoms with van der Waals surface area (Å²) >= 11 is 0. The maximum atomic E-state index is 11.1. The van der Waals surface area contributed by atoms with Crippen LogP contribution in [0, 0.1) is 0 Å². The van der Waals surface area contributed by atoms with E-state index in [-0.39, 0.29) is 11.7 Å². The molecule has 0 amide bonds. The van der Waals surface area contributed by atoms with Crippen molar-refractivity contribution in [2.24, 2.45) is 0 Å². The highest BCUT2D eigenvalue weighted by Crippen LogP contribution is 2.31. The molecule has 0 spiro atoms. The van der Waals surface area contributed by atoms with Gasteiger partial charge in [0.25, 0.3) is 0 Å². The number of carboxylic acid groups (broad SMARTS) is 1. The molecular weight excluding hydrogens is 256 g/mol. The van der Waals surface area contributed by atoms with Gasteiger partial charge < -0.3 is 14.4 Å². The highest BCUT2D eigenvalue weighted by atomic mass is 16.5. The molecule has 5 nitrogen and oxygen atoms in total. The first kappa shape index (κ1) is 13.1. The third kappa shape index (κ3) is 2.18. The molecule has 1 atom stereocenters. The number of benzene rings is 1. The average molecular weight is 274 g/mol. The molecule has 5 heteroatoms. The molecule has 1 aromatic carbocycles. The molecule has 3 rings (SSSR count). The summed E-state index contributed by atoms with van der Waals surface area (Å²) < 4.78 is 7.90. The third-order valence-electron chi connectivity index (χ3n) is 3.69. The average Bonchev–Trinajstić information content (AvgIpc) is 3.06. The van der Waals surface area contributed by atoms with Gasteiger partial charge in [0.2, 0.25) is 0 Å². The number of hydrogen-bond donors (Lipinski definition) is 1. The molecular formula is C15H18N2O3. The lowest BCUT2D eigenvalue weighted by Crippen LogP contribution is -2.08. The molecule has 0 bridgehead atoms. The van der Waals surface area contributed by atoms with Crippen LogP contribution in [0.15, 0.2) is 18.2 Å². The Balaban J connectivity index is 2.12. The second kappa shape index (κ2) is 5.25. The molecule has 20 heavy (non-hydrogen) atoms. The number of fused-ring (bicyclic) bond motifs is 1. The predicted octanol–water partition coefficient (Wildman–Crippen LogP) is 3.00. The summed E-state index contributed by atoms with van der Waals surface area (Å²) in [6.07, 6.45) is 3.09. The largest absolute Gasteiger partial charge is 0.478 e. The molecule has 1 fully saturated rings. The van der Waals surface area contributed by atoms with E-state index in [1.165, 1.54) is 0 Å². The molecule has 2 heterocycles. The molecule has 2 aromatic rings. The lowest BCUT2D eigenvalue weighted by atomic mass is 10.2. The molecule has 1 aliphatic rings. The number of hydrogen-bond acceptors (Lipinski definition) is 3. The summed E-state index contributed by atoms with van der Waals surface area (Å²) in [6, 6.07) is 5.12. The van der Waals surface area contributed by atoms with E-state index in [1.807, 2.05) is 6.07 Å². The number of imidazole rings is 1. The monoisotopic (exact) mass is 274 g/mol. The molecule has 0 saturated carbocycles. The van der Waals surface area contributed by atoms with E-state index in [4.69, 9.17) is 9.84 Å². The lowest BCUT2D eigenvalue weighted by Gasteiger charge is -2.12. The molecule has 1 aliphatic heterocycles. The SMILES string of the molecule is CCCn1c(C2CCCO2)nc2cc(C(=O)O)ccc21. The van der Waals surface area contributed by atoms with Crippen molar-refractivity contribution in [1.82, 2.24) is 9.55 Å². The Kier molecular flexibility index (Phi) is 3.44. The van der Waals surface area contributed by atoms with Crippen LogP contribution in [0.5, 0.6) is 0 Å². The Morgan fingerprint density at radius 1 is 1.55 bits per heavy atom. The zero-order valence-corrected chi connectivity index (χ0v) is 11.5. The topological polar surface area (TPSA) is 64.4 Å². The third-order valence-corrected chi connectivity index (χ3v) is 3.69. The first-order valence-corrected chi connectivity index (χ1v) is 7.05. The smallest absolute Gasteiger partial charge is 0.335 e. The lowest BCUT2D eigenvalue weighted by molar-refractivity contribution is 0.0697. The second-order valence-electron chi connectivity index (χ2n) is 5.13. The second-order valence-corrected chi connectivity index (χ2v) is 5.13. The van der Waals surface area contributed by atoms with Crippen molar-refractivity contribution in [2.75, 3.05) is 6.61 Å². The Bertz CT molecular complexity index is 642. The maximum absolute atomic E-state index is 11.1. The fraction of sp³-hybridized carbons (Fsp3) is 0.467. The summed E-state index contributed by atoms with van der Waals surface area (Å²) in [5.41, 5.74) is 2.00. The van der Waals surface area contributed by atoms with Crippen LogP contribution in [0.2, 0.25) is 0 Å². The van der Waals surface area contributed by atoms with Crippen molar-refractivity contribution >= 4 is 17.0 Å². The summed E-state index contributed by atoms with van der Waals surface area (Å²) in [5.74, 6) is 0.0116. The quantitative estimate of drug-likeness (QED) is 0.930. The first-order valence-electron chi connectivity index (χ1n) is 7.05. The Morgan fingerprint density at radius 3 is 3.05 bits per heavy atom. The van der Waals surface area contributed by atoms with E-state index >= 15 is 0 Å². The van der Waals surface area contributed by atoms with Crippen LogP contribution in [0.1, 0.15) is 48.5 Å². The molecule has 1 unspecified atom stereocenters. The van der Waals surface area contributed by atoms with Crippen LogP contribution in [-0.2, 0) is 11.3 Å². The van der Waals surface area contributed by atoms with Gasteiger partial charge in [-0.05, 0) is 37.5 Å². The Labute approximate surface area is 117 Å². The number of carboxylic acids is 1. The number of rotatable bonds is 4. The van der Waals surface area contributed by atoms with Gasteiger partial charge in [-0.2, -0.15) is 0 Å². The van der Waals surface area contributed by atoms with Crippen molar-refractivity contribution in [2.45, 2.75) is 38.8 Å². The van der Waals surface area contributed by atoms with E-state index in [9.17, 15) is 4.79 Å². The number of nitrogens with zero attached hydrogens (tertiary/aromatic N) is 2. The van der Waals surface area contributed by atoms with Crippen LogP contribution >= 0.6 is 0 Å². The van der Waals surface area contributed by atoms with Crippen LogP contribution in [0.3, 0.4) is 0 Å². The fourth-order valence-electron chi connectivity index (χ4n) is 2.77. The van der Waals surface area contributed by atoms with Gasteiger partial charge in [-0.15, -0.1) is 0 Å². The zero-order valence-electron chi connectivity index (χ0n) is 11.5. The molecule has 0 aliphatic carbocycles. The molecule has 1 N–H and O–H groups in total. The van der Waals surface area contributed by atoms with Gasteiger partial charge in [0.15, 0.2) is 0 Å². The summed E-state index contributed by atoms with van der Waals surface area (Å²) in [7, 11) is 0. The minimum Gasteiger partial charge on any atom is -0.478 e. The summed E-state index contributed by atoms with van der Waals surface area (Å²) in [6.45, 7) is 3.77. The Hall–Kier alpha value is -1.88. The summed E-state index contributed by atoms with van der Waals surface area (Å²) in [4.78, 5) is 15.7. The zero-order chi connectivity index (χ0) is 14.1. The van der Waals surface area contributed by atoms with Crippen LogP contribution < -0.4 is 0 Å². The minimum atomic E-state index is -0.921. The molecule has 0 radical (unpaired) electrons.